The summed E-state index contributed by atoms with van der Waals surface area (Å²) in [6, 6.07) is 0. The van der Waals surface area contributed by atoms with E-state index in [9.17, 15) is 19.2 Å². The van der Waals surface area contributed by atoms with E-state index < -0.39 is 24.2 Å². The van der Waals surface area contributed by atoms with Gasteiger partial charge < -0.3 is 14.2 Å². The zero-order valence-corrected chi connectivity index (χ0v) is 7.43. The van der Waals surface area contributed by atoms with Crippen molar-refractivity contribution in [3.63, 3.8) is 0 Å². The second kappa shape index (κ2) is 6.08. The van der Waals surface area contributed by atoms with Crippen LogP contribution in [0.4, 0.5) is 9.59 Å². The molecule has 0 N–H and O–H groups in total. The fourth-order valence-corrected chi connectivity index (χ4v) is 0.357. The molecule has 0 aromatic heterocycles. The summed E-state index contributed by atoms with van der Waals surface area (Å²) in [5.74, 6) is -2.22. The highest BCUT2D eigenvalue weighted by atomic mass is 16.8. The van der Waals surface area contributed by atoms with E-state index >= 15 is 0 Å². The highest BCUT2D eigenvalue weighted by Gasteiger charge is 2.17. The average Bonchev–Trinajstić information content (AvgIpc) is 2.16. The van der Waals surface area contributed by atoms with Gasteiger partial charge in [-0.15, -0.1) is 0 Å². The number of carbonyl (C=O) groups is 4. The van der Waals surface area contributed by atoms with Gasteiger partial charge in [-0.05, 0) is 0 Å². The topological polar surface area (TPSA) is 96.0 Å². The first-order valence-electron chi connectivity index (χ1n) is 3.44. The van der Waals surface area contributed by atoms with Gasteiger partial charge in [-0.25, -0.2) is 19.2 Å². The first-order valence-corrected chi connectivity index (χ1v) is 3.44. The quantitative estimate of drug-likeness (QED) is 0.379. The molecule has 7 nitrogen and oxygen atoms in total. The van der Waals surface area contributed by atoms with E-state index in [1.165, 1.54) is 0 Å². The number of hydrogen-bond acceptors (Lipinski definition) is 7. The fraction of sp³-hybridized carbons (Fsp3) is 0. The maximum atomic E-state index is 10.5. The van der Waals surface area contributed by atoms with Crippen LogP contribution in [0.25, 0.3) is 0 Å². The van der Waals surface area contributed by atoms with E-state index in [0.717, 1.165) is 0 Å². The number of carbonyl (C=O) groups excluding carboxylic acids is 4. The lowest BCUT2D eigenvalue weighted by molar-refractivity contribution is -0.135. The van der Waals surface area contributed by atoms with E-state index in [1.807, 2.05) is 0 Å². The summed E-state index contributed by atoms with van der Waals surface area (Å²) in [4.78, 5) is 41.9. The van der Waals surface area contributed by atoms with E-state index in [2.05, 4.69) is 27.4 Å². The third-order valence-electron chi connectivity index (χ3n) is 0.868. The lowest BCUT2D eigenvalue weighted by Crippen LogP contribution is -2.19. The Labute approximate surface area is 83.9 Å². The molecule has 0 fully saturated rings. The Hall–Kier alpha value is -2.44. The molecule has 0 bridgehead atoms. The van der Waals surface area contributed by atoms with Gasteiger partial charge >= 0.3 is 24.2 Å². The molecule has 0 aliphatic carbocycles. The van der Waals surface area contributed by atoms with Gasteiger partial charge in [0, 0.05) is 12.2 Å². The Bertz CT molecular complexity index is 296. The summed E-state index contributed by atoms with van der Waals surface area (Å²) in [5.41, 5.74) is 0. The van der Waals surface area contributed by atoms with Gasteiger partial charge in [0.25, 0.3) is 0 Å². The largest absolute Gasteiger partial charge is 0.526 e. The number of esters is 2. The van der Waals surface area contributed by atoms with Crippen LogP contribution in [0, 0.1) is 0 Å². The lowest BCUT2D eigenvalue weighted by Gasteiger charge is -1.99. The first kappa shape index (κ1) is 12.6. The number of rotatable bonds is 2. The molecule has 7 heteroatoms. The maximum Gasteiger partial charge on any atom is 0.526 e. The average molecular weight is 214 g/mol. The molecular weight excluding hydrogens is 208 g/mol. The molecule has 0 saturated heterocycles. The van der Waals surface area contributed by atoms with Gasteiger partial charge in [-0.2, -0.15) is 0 Å². The van der Waals surface area contributed by atoms with Crippen LogP contribution in [0.1, 0.15) is 0 Å². The van der Waals surface area contributed by atoms with Gasteiger partial charge in [-0.1, -0.05) is 13.2 Å². The van der Waals surface area contributed by atoms with Crippen LogP contribution in [-0.4, -0.2) is 24.2 Å². The summed E-state index contributed by atoms with van der Waals surface area (Å²) >= 11 is 0. The molecule has 0 saturated carbocycles. The van der Waals surface area contributed by atoms with Gasteiger partial charge in [0.2, 0.25) is 0 Å². The molecule has 15 heavy (non-hydrogen) atoms. The summed E-state index contributed by atoms with van der Waals surface area (Å²) < 4.78 is 11.4. The first-order chi connectivity index (χ1) is 6.99. The zero-order chi connectivity index (χ0) is 11.8. The van der Waals surface area contributed by atoms with Gasteiger partial charge in [0.05, 0.1) is 0 Å². The third-order valence-corrected chi connectivity index (χ3v) is 0.868. The molecule has 80 valence electrons. The van der Waals surface area contributed by atoms with Gasteiger partial charge in [0.1, 0.15) is 0 Å². The monoisotopic (exact) mass is 214 g/mol. The van der Waals surface area contributed by atoms with Crippen LogP contribution in [0.5, 0.6) is 0 Å². The Kier molecular flexibility index (Phi) is 5.09. The van der Waals surface area contributed by atoms with E-state index in [0.29, 0.717) is 12.2 Å². The van der Waals surface area contributed by atoms with Gasteiger partial charge in [0.15, 0.2) is 0 Å². The molecule has 0 aromatic rings. The second-order valence-electron chi connectivity index (χ2n) is 1.85. The predicted molar refractivity (Wildman–Crippen MR) is 44.5 cm³/mol. The van der Waals surface area contributed by atoms with Crippen molar-refractivity contribution in [2.45, 2.75) is 0 Å². The van der Waals surface area contributed by atoms with E-state index in [4.69, 9.17) is 0 Å². The van der Waals surface area contributed by atoms with E-state index in [-0.39, 0.29) is 0 Å². The predicted octanol–water partition coefficient (Wildman–Crippen LogP) is 0.701. The van der Waals surface area contributed by atoms with Crippen molar-refractivity contribution in [3.05, 3.63) is 25.3 Å². The number of ether oxygens (including phenoxy) is 3. The van der Waals surface area contributed by atoms with Crippen molar-refractivity contribution in [2.75, 3.05) is 0 Å². The summed E-state index contributed by atoms with van der Waals surface area (Å²) in [7, 11) is 0. The summed E-state index contributed by atoms with van der Waals surface area (Å²) in [5, 5.41) is 0. The summed E-state index contributed by atoms with van der Waals surface area (Å²) in [6.45, 7) is 5.98. The minimum Gasteiger partial charge on any atom is -0.357 e. The molecule has 0 radical (unpaired) electrons. The SMILES string of the molecule is C=CC(=O)OC(=O)OC(=O)OC(=O)C=C. The molecule has 0 aromatic carbocycles. The second-order valence-corrected chi connectivity index (χ2v) is 1.85. The standard InChI is InChI=1S/C8H6O7/c1-3-5(9)13-7(11)15-8(12)14-6(10)4-2/h3-4H,1-2H2. The van der Waals surface area contributed by atoms with Crippen LogP contribution in [0.3, 0.4) is 0 Å². The molecule has 0 aliphatic heterocycles. The normalized spacial score (nSPS) is 8.27. The minimum absolute atomic E-state index is 0.682. The molecule has 0 rings (SSSR count). The van der Waals surface area contributed by atoms with Crippen LogP contribution in [-0.2, 0) is 23.8 Å². The van der Waals surface area contributed by atoms with Crippen molar-refractivity contribution in [2.24, 2.45) is 0 Å². The van der Waals surface area contributed by atoms with Crippen molar-refractivity contribution >= 4 is 24.2 Å². The Morgan fingerprint density at radius 1 is 0.733 bits per heavy atom. The Morgan fingerprint density at radius 3 is 1.33 bits per heavy atom. The highest BCUT2D eigenvalue weighted by molar-refractivity contribution is 5.95. The van der Waals surface area contributed by atoms with Crippen LogP contribution < -0.4 is 0 Å². The minimum atomic E-state index is -1.62. The van der Waals surface area contributed by atoms with Crippen molar-refractivity contribution in [1.29, 1.82) is 0 Å². The van der Waals surface area contributed by atoms with Crippen LogP contribution in [0.2, 0.25) is 0 Å². The lowest BCUT2D eigenvalue weighted by atomic mass is 10.7. The molecule has 0 heterocycles. The molecule has 0 aliphatic rings. The smallest absolute Gasteiger partial charge is 0.357 e. The van der Waals surface area contributed by atoms with Crippen LogP contribution >= 0.6 is 0 Å². The molecule has 0 atom stereocenters. The molecule has 0 unspecified atom stereocenters. The molecule has 0 spiro atoms. The zero-order valence-electron chi connectivity index (χ0n) is 7.43. The Balaban J connectivity index is 4.02. The third kappa shape index (κ3) is 5.75. The highest BCUT2D eigenvalue weighted by Crippen LogP contribution is 1.92. The van der Waals surface area contributed by atoms with E-state index in [1.54, 1.807) is 0 Å². The maximum absolute atomic E-state index is 10.5. The van der Waals surface area contributed by atoms with Crippen molar-refractivity contribution in [1.82, 2.24) is 0 Å². The van der Waals surface area contributed by atoms with Crippen molar-refractivity contribution in [3.8, 4) is 0 Å². The number of hydrogen-bond donors (Lipinski definition) is 0. The Morgan fingerprint density at radius 2 is 1.07 bits per heavy atom. The van der Waals surface area contributed by atoms with Crippen molar-refractivity contribution < 1.29 is 33.4 Å². The van der Waals surface area contributed by atoms with Crippen LogP contribution in [0.15, 0.2) is 25.3 Å². The fourth-order valence-electron chi connectivity index (χ4n) is 0.357. The van der Waals surface area contributed by atoms with Gasteiger partial charge in [-0.3, -0.25) is 0 Å². The summed E-state index contributed by atoms with van der Waals surface area (Å²) in [6.07, 6.45) is -1.88. The molecule has 0 amide bonds. The molecular formula is C8H6O7.